The van der Waals surface area contributed by atoms with Gasteiger partial charge in [0.2, 0.25) is 0 Å². The van der Waals surface area contributed by atoms with Crippen molar-refractivity contribution in [3.05, 3.63) is 148 Å². The Labute approximate surface area is 332 Å². The van der Waals surface area contributed by atoms with E-state index in [1.54, 1.807) is 16.7 Å². The molecular formula is C51H64Zr. The number of rotatable bonds is 10. The summed E-state index contributed by atoms with van der Waals surface area (Å²) < 4.78 is 1.42. The van der Waals surface area contributed by atoms with Gasteiger partial charge in [-0.15, -0.1) is 39.7 Å². The van der Waals surface area contributed by atoms with Crippen molar-refractivity contribution < 1.29 is 24.2 Å². The van der Waals surface area contributed by atoms with Crippen LogP contribution in [-0.4, -0.2) is 3.21 Å². The monoisotopic (exact) mass is 766 g/mol. The van der Waals surface area contributed by atoms with Crippen LogP contribution < -0.4 is 0 Å². The average Bonchev–Trinajstić information content (AvgIpc) is 3.65. The van der Waals surface area contributed by atoms with E-state index in [4.69, 9.17) is 0 Å². The molecule has 1 aliphatic rings. The Balaban J connectivity index is 0.000000178. The molecule has 1 aliphatic carbocycles. The van der Waals surface area contributed by atoms with Gasteiger partial charge in [-0.3, -0.25) is 6.08 Å². The summed E-state index contributed by atoms with van der Waals surface area (Å²) in [5, 5.41) is 5.48. The van der Waals surface area contributed by atoms with E-state index in [0.29, 0.717) is 5.92 Å². The molecule has 0 saturated carbocycles. The third-order valence-electron chi connectivity index (χ3n) is 10.2. The van der Waals surface area contributed by atoms with E-state index < -0.39 is 0 Å². The van der Waals surface area contributed by atoms with E-state index in [-0.39, 0.29) is 10.8 Å². The van der Waals surface area contributed by atoms with Crippen LogP contribution in [0.3, 0.4) is 0 Å². The predicted octanol–water partition coefficient (Wildman–Crippen LogP) is 15.0. The SMILES string of the molecule is CC(C)(C)c1ccc2c(c1)[cH-]c1cc(C(C)(C)C)ccc12.CCCC1=[C-]C(CCC)C(CCC)=C1CCC.[Zr+2]=[C](c1ccccc1)c1ccccc1. The van der Waals surface area contributed by atoms with Crippen LogP contribution in [0.2, 0.25) is 0 Å². The molecule has 0 spiro atoms. The van der Waals surface area contributed by atoms with Gasteiger partial charge in [0.05, 0.1) is 0 Å². The number of fused-ring (bicyclic) bond motifs is 3. The van der Waals surface area contributed by atoms with Crippen molar-refractivity contribution in [3.8, 4) is 0 Å². The molecule has 272 valence electrons. The van der Waals surface area contributed by atoms with Gasteiger partial charge in [0.15, 0.2) is 0 Å². The van der Waals surface area contributed by atoms with Crippen LogP contribution >= 0.6 is 0 Å². The summed E-state index contributed by atoms with van der Waals surface area (Å²) in [5.41, 5.74) is 10.9. The van der Waals surface area contributed by atoms with Crippen LogP contribution in [0.4, 0.5) is 0 Å². The van der Waals surface area contributed by atoms with Crippen molar-refractivity contribution in [1.29, 1.82) is 0 Å². The van der Waals surface area contributed by atoms with Crippen LogP contribution in [-0.2, 0) is 35.1 Å². The van der Waals surface area contributed by atoms with E-state index in [1.165, 1.54) is 123 Å². The Kier molecular flexibility index (Phi) is 15.5. The second-order valence-corrected chi connectivity index (χ2v) is 17.8. The first kappa shape index (κ1) is 41.7. The first-order valence-corrected chi connectivity index (χ1v) is 21.2. The summed E-state index contributed by atoms with van der Waals surface area (Å²) in [6.07, 6.45) is 14.0. The Morgan fingerprint density at radius 3 is 1.46 bits per heavy atom. The van der Waals surface area contributed by atoms with Gasteiger partial charge in [0, 0.05) is 0 Å². The first-order chi connectivity index (χ1) is 24.8. The fraction of sp³-hybridized carbons (Fsp3) is 0.412. The van der Waals surface area contributed by atoms with Crippen LogP contribution in [0, 0.1) is 12.0 Å². The molecule has 1 atom stereocenters. The fourth-order valence-corrected chi connectivity index (χ4v) is 8.10. The van der Waals surface area contributed by atoms with Crippen molar-refractivity contribution in [1.82, 2.24) is 0 Å². The van der Waals surface area contributed by atoms with Crippen molar-refractivity contribution in [2.24, 2.45) is 5.92 Å². The van der Waals surface area contributed by atoms with E-state index in [9.17, 15) is 0 Å². The van der Waals surface area contributed by atoms with Crippen LogP contribution in [0.15, 0.2) is 120 Å². The van der Waals surface area contributed by atoms with Gasteiger partial charge in [-0.25, -0.2) is 5.57 Å². The molecule has 0 bridgehead atoms. The van der Waals surface area contributed by atoms with Crippen molar-refractivity contribution in [2.45, 2.75) is 131 Å². The summed E-state index contributed by atoms with van der Waals surface area (Å²) in [5.74, 6) is 0.656. The normalized spacial score (nSPS) is 14.5. The fourth-order valence-electron chi connectivity index (χ4n) is 7.28. The molecule has 0 N–H and O–H groups in total. The van der Waals surface area contributed by atoms with Crippen LogP contribution in [0.5, 0.6) is 0 Å². The molecule has 0 saturated heterocycles. The number of hydrogen-bond donors (Lipinski definition) is 0. The Morgan fingerprint density at radius 2 is 1.06 bits per heavy atom. The summed E-state index contributed by atoms with van der Waals surface area (Å²) in [7, 11) is 0. The molecule has 0 aromatic heterocycles. The molecule has 1 heteroatoms. The Bertz CT molecular complexity index is 1820. The van der Waals surface area contributed by atoms with Crippen molar-refractivity contribution in [3.63, 3.8) is 0 Å². The standard InChI is InChI=1S/C21H25.C17H29.C13H10.Zr/c1-20(2,3)16-7-9-18-14(12-16)11-15-13-17(21(4,5)6)8-10-19(15)18;1-5-9-14-13-15(10-6-2)17(12-8-4)16(14)11-7-3;1-3-7-12(8-4-1)11-13-9-5-2-6-10-13;/h7-13H,1-6H3;14H,5-12H2,1-4H3;1-10H;/q2*-1;;+2. The maximum atomic E-state index is 3.81. The summed E-state index contributed by atoms with van der Waals surface area (Å²) in [6, 6.07) is 37.3. The average molecular weight is 768 g/mol. The molecule has 6 rings (SSSR count). The molecule has 0 aliphatic heterocycles. The molecule has 0 nitrogen and oxygen atoms in total. The number of hydrogen-bond acceptors (Lipinski definition) is 0. The second kappa shape index (κ2) is 19.4. The Morgan fingerprint density at radius 1 is 0.596 bits per heavy atom. The van der Waals surface area contributed by atoms with Gasteiger partial charge in [-0.2, -0.15) is 11.1 Å². The van der Waals surface area contributed by atoms with Crippen LogP contribution in [0.25, 0.3) is 21.5 Å². The molecule has 0 amide bonds. The quantitative estimate of drug-likeness (QED) is 0.124. The van der Waals surface area contributed by atoms with Crippen molar-refractivity contribution in [2.75, 3.05) is 0 Å². The Hall–Kier alpha value is -3.02. The number of allylic oxidation sites excluding steroid dienone is 4. The first-order valence-electron chi connectivity index (χ1n) is 20.0. The number of benzene rings is 4. The van der Waals surface area contributed by atoms with Gasteiger partial charge in [0.1, 0.15) is 0 Å². The third kappa shape index (κ3) is 11.0. The summed E-state index contributed by atoms with van der Waals surface area (Å²) in [4.78, 5) is 0. The topological polar surface area (TPSA) is 0 Å². The van der Waals surface area contributed by atoms with Gasteiger partial charge in [-0.1, -0.05) is 155 Å². The van der Waals surface area contributed by atoms with E-state index >= 15 is 0 Å². The molecule has 5 aromatic carbocycles. The molecule has 0 radical (unpaired) electrons. The van der Waals surface area contributed by atoms with Gasteiger partial charge < -0.3 is 0 Å². The zero-order valence-corrected chi connectivity index (χ0v) is 36.5. The molecular weight excluding hydrogens is 704 g/mol. The minimum absolute atomic E-state index is 0.203. The summed E-state index contributed by atoms with van der Waals surface area (Å²) in [6.45, 7) is 22.8. The third-order valence-corrected chi connectivity index (χ3v) is 11.6. The van der Waals surface area contributed by atoms with Crippen LogP contribution in [0.1, 0.15) is 143 Å². The van der Waals surface area contributed by atoms with Gasteiger partial charge in [-0.05, 0) is 17.3 Å². The molecule has 0 fully saturated rings. The van der Waals surface area contributed by atoms with Gasteiger partial charge in [0.25, 0.3) is 0 Å². The molecule has 52 heavy (non-hydrogen) atoms. The minimum atomic E-state index is 0.203. The molecule has 1 unspecified atom stereocenters. The molecule has 0 heterocycles. The van der Waals surface area contributed by atoms with E-state index in [0.717, 1.165) is 0 Å². The maximum absolute atomic E-state index is 3.81. The summed E-state index contributed by atoms with van der Waals surface area (Å²) >= 11 is 1.46. The van der Waals surface area contributed by atoms with Gasteiger partial charge >= 0.3 is 99.2 Å². The van der Waals surface area contributed by atoms with E-state index in [1.807, 2.05) is 0 Å². The van der Waals surface area contributed by atoms with Crippen molar-refractivity contribution >= 4 is 24.8 Å². The second-order valence-electron chi connectivity index (χ2n) is 16.6. The van der Waals surface area contributed by atoms with E-state index in [2.05, 4.69) is 178 Å². The zero-order chi connectivity index (χ0) is 37.9. The predicted molar refractivity (Wildman–Crippen MR) is 227 cm³/mol. The molecule has 5 aromatic rings. The zero-order valence-electron chi connectivity index (χ0n) is 34.0.